The number of rotatable bonds is 5. The van der Waals surface area contributed by atoms with Crippen LogP contribution < -0.4 is 5.73 Å². The predicted molar refractivity (Wildman–Crippen MR) is 84.3 cm³/mol. The van der Waals surface area contributed by atoms with Crippen LogP contribution in [-0.2, 0) is 6.54 Å². The number of nitrogens with two attached hydrogens (primary N) is 1. The van der Waals surface area contributed by atoms with E-state index in [0.717, 1.165) is 21.7 Å². The van der Waals surface area contributed by atoms with Gasteiger partial charge in [-0.25, -0.2) is 4.98 Å². The fourth-order valence-electron chi connectivity index (χ4n) is 2.14. The van der Waals surface area contributed by atoms with Gasteiger partial charge in [0.25, 0.3) is 0 Å². The Kier molecular flexibility index (Phi) is 5.10. The number of likely N-dealkylation sites (N-methyl/N-ethyl adjacent to an activating group) is 1. The molecular formula is C14H18BrN3S. The van der Waals surface area contributed by atoms with Gasteiger partial charge in [-0.15, -0.1) is 11.3 Å². The summed E-state index contributed by atoms with van der Waals surface area (Å²) in [6, 6.07) is 8.43. The zero-order valence-corrected chi connectivity index (χ0v) is 13.5. The van der Waals surface area contributed by atoms with Gasteiger partial charge in [-0.1, -0.05) is 34.1 Å². The maximum atomic E-state index is 5.95. The van der Waals surface area contributed by atoms with Crippen LogP contribution >= 0.6 is 27.3 Å². The van der Waals surface area contributed by atoms with Crippen molar-refractivity contribution >= 4 is 27.3 Å². The monoisotopic (exact) mass is 339 g/mol. The summed E-state index contributed by atoms with van der Waals surface area (Å²) in [5.74, 6) is 0. The first kappa shape index (κ1) is 14.7. The highest BCUT2D eigenvalue weighted by Gasteiger charge is 2.18. The summed E-state index contributed by atoms with van der Waals surface area (Å²) in [6.07, 6.45) is 0. The molecule has 0 spiro atoms. The summed E-state index contributed by atoms with van der Waals surface area (Å²) in [5.41, 5.74) is 8.28. The van der Waals surface area contributed by atoms with Crippen LogP contribution in [0.4, 0.5) is 0 Å². The van der Waals surface area contributed by atoms with Gasteiger partial charge in [-0.2, -0.15) is 0 Å². The number of hydrogen-bond donors (Lipinski definition) is 1. The molecule has 0 aliphatic carbocycles. The van der Waals surface area contributed by atoms with Crippen molar-refractivity contribution in [3.8, 4) is 0 Å². The van der Waals surface area contributed by atoms with Crippen LogP contribution in [0.3, 0.4) is 0 Å². The lowest BCUT2D eigenvalue weighted by molar-refractivity contribution is 0.239. The van der Waals surface area contributed by atoms with Crippen molar-refractivity contribution in [2.75, 3.05) is 13.6 Å². The summed E-state index contributed by atoms with van der Waals surface area (Å²) in [7, 11) is 2.09. The van der Waals surface area contributed by atoms with E-state index in [2.05, 4.69) is 50.4 Å². The minimum absolute atomic E-state index is 0.192. The Labute approximate surface area is 126 Å². The van der Waals surface area contributed by atoms with Crippen LogP contribution in [-0.4, -0.2) is 23.5 Å². The first-order chi connectivity index (χ1) is 9.11. The summed E-state index contributed by atoms with van der Waals surface area (Å²) in [5, 5.41) is 3.22. The SMILES string of the molecule is Cc1nc(CN(C)C(CN)c2ccccc2Br)cs1. The topological polar surface area (TPSA) is 42.2 Å². The molecule has 0 aliphatic rings. The van der Waals surface area contributed by atoms with E-state index in [1.54, 1.807) is 11.3 Å². The van der Waals surface area contributed by atoms with E-state index in [1.807, 2.05) is 19.1 Å². The van der Waals surface area contributed by atoms with Gasteiger partial charge in [0.1, 0.15) is 0 Å². The van der Waals surface area contributed by atoms with Gasteiger partial charge < -0.3 is 5.73 Å². The maximum Gasteiger partial charge on any atom is 0.0897 e. The smallest absolute Gasteiger partial charge is 0.0897 e. The summed E-state index contributed by atoms with van der Waals surface area (Å²) >= 11 is 5.29. The third kappa shape index (κ3) is 3.63. The second-order valence-corrected chi connectivity index (χ2v) is 6.46. The van der Waals surface area contributed by atoms with Gasteiger partial charge in [0.15, 0.2) is 0 Å². The average molecular weight is 340 g/mol. The number of halogens is 1. The van der Waals surface area contributed by atoms with Gasteiger partial charge >= 0.3 is 0 Å². The van der Waals surface area contributed by atoms with E-state index in [4.69, 9.17) is 5.73 Å². The number of nitrogens with zero attached hydrogens (tertiary/aromatic N) is 2. The molecule has 0 fully saturated rings. The lowest BCUT2D eigenvalue weighted by Gasteiger charge is -2.27. The molecule has 1 heterocycles. The highest BCUT2D eigenvalue weighted by atomic mass is 79.9. The van der Waals surface area contributed by atoms with Crippen LogP contribution in [0.2, 0.25) is 0 Å². The fraction of sp³-hybridized carbons (Fsp3) is 0.357. The van der Waals surface area contributed by atoms with E-state index in [-0.39, 0.29) is 6.04 Å². The fourth-order valence-corrected chi connectivity index (χ4v) is 3.29. The van der Waals surface area contributed by atoms with Crippen molar-refractivity contribution in [3.63, 3.8) is 0 Å². The Bertz CT molecular complexity index is 541. The molecule has 0 bridgehead atoms. The highest BCUT2D eigenvalue weighted by molar-refractivity contribution is 9.10. The first-order valence-electron chi connectivity index (χ1n) is 6.17. The van der Waals surface area contributed by atoms with E-state index in [0.29, 0.717) is 6.54 Å². The number of benzene rings is 1. The van der Waals surface area contributed by atoms with Gasteiger partial charge in [-0.3, -0.25) is 4.90 Å². The first-order valence-corrected chi connectivity index (χ1v) is 7.85. The number of aryl methyl sites for hydroxylation is 1. The predicted octanol–water partition coefficient (Wildman–Crippen LogP) is 3.35. The molecule has 2 rings (SSSR count). The summed E-state index contributed by atoms with van der Waals surface area (Å²) in [6.45, 7) is 3.43. The van der Waals surface area contributed by atoms with Crippen molar-refractivity contribution < 1.29 is 0 Å². The lowest BCUT2D eigenvalue weighted by Crippen LogP contribution is -2.30. The summed E-state index contributed by atoms with van der Waals surface area (Å²) < 4.78 is 1.10. The molecule has 3 nitrogen and oxygen atoms in total. The molecule has 1 aromatic heterocycles. The molecule has 1 aromatic carbocycles. The molecule has 1 atom stereocenters. The maximum absolute atomic E-state index is 5.95. The van der Waals surface area contributed by atoms with E-state index < -0.39 is 0 Å². The van der Waals surface area contributed by atoms with Crippen molar-refractivity contribution in [2.24, 2.45) is 5.73 Å². The van der Waals surface area contributed by atoms with Crippen LogP contribution in [0.25, 0.3) is 0 Å². The largest absolute Gasteiger partial charge is 0.329 e. The molecule has 102 valence electrons. The highest BCUT2D eigenvalue weighted by Crippen LogP contribution is 2.27. The van der Waals surface area contributed by atoms with Crippen LogP contribution in [0.15, 0.2) is 34.1 Å². The molecule has 0 radical (unpaired) electrons. The van der Waals surface area contributed by atoms with Crippen molar-refractivity contribution in [2.45, 2.75) is 19.5 Å². The van der Waals surface area contributed by atoms with Gasteiger partial charge in [-0.05, 0) is 25.6 Å². The van der Waals surface area contributed by atoms with Gasteiger partial charge in [0.2, 0.25) is 0 Å². The normalized spacial score (nSPS) is 12.9. The molecule has 0 amide bonds. The Morgan fingerprint density at radius 2 is 2.16 bits per heavy atom. The number of hydrogen-bond acceptors (Lipinski definition) is 4. The molecular weight excluding hydrogens is 322 g/mol. The van der Waals surface area contributed by atoms with Crippen LogP contribution in [0, 0.1) is 6.92 Å². The Morgan fingerprint density at radius 1 is 1.42 bits per heavy atom. The molecule has 19 heavy (non-hydrogen) atoms. The van der Waals surface area contributed by atoms with E-state index >= 15 is 0 Å². The van der Waals surface area contributed by atoms with Crippen molar-refractivity contribution in [1.29, 1.82) is 0 Å². The standard InChI is InChI=1S/C14H18BrN3S/c1-10-17-11(9-19-10)8-18(2)14(7-16)12-5-3-4-6-13(12)15/h3-6,9,14H,7-8,16H2,1-2H3. The Morgan fingerprint density at radius 3 is 2.74 bits per heavy atom. The van der Waals surface area contributed by atoms with Crippen molar-refractivity contribution in [1.82, 2.24) is 9.88 Å². The minimum atomic E-state index is 0.192. The molecule has 2 N–H and O–H groups in total. The minimum Gasteiger partial charge on any atom is -0.329 e. The molecule has 0 saturated carbocycles. The molecule has 1 unspecified atom stereocenters. The third-order valence-corrected chi connectivity index (χ3v) is 4.64. The molecule has 2 aromatic rings. The number of thiazole rings is 1. The zero-order chi connectivity index (χ0) is 13.8. The van der Waals surface area contributed by atoms with Crippen LogP contribution in [0.5, 0.6) is 0 Å². The number of aromatic nitrogens is 1. The van der Waals surface area contributed by atoms with E-state index in [1.165, 1.54) is 5.56 Å². The van der Waals surface area contributed by atoms with Crippen LogP contribution in [0.1, 0.15) is 22.3 Å². The Hall–Kier alpha value is -0.750. The zero-order valence-electron chi connectivity index (χ0n) is 11.1. The second kappa shape index (κ2) is 6.61. The quantitative estimate of drug-likeness (QED) is 0.908. The molecule has 0 saturated heterocycles. The van der Waals surface area contributed by atoms with Crippen molar-refractivity contribution in [3.05, 3.63) is 50.4 Å². The Balaban J connectivity index is 2.15. The second-order valence-electron chi connectivity index (χ2n) is 4.55. The summed E-state index contributed by atoms with van der Waals surface area (Å²) in [4.78, 5) is 6.75. The molecule has 5 heteroatoms. The lowest BCUT2D eigenvalue weighted by atomic mass is 10.1. The molecule has 0 aliphatic heterocycles. The van der Waals surface area contributed by atoms with Gasteiger partial charge in [0.05, 0.1) is 10.7 Å². The third-order valence-electron chi connectivity index (χ3n) is 3.10. The van der Waals surface area contributed by atoms with Gasteiger partial charge in [0, 0.05) is 29.0 Å². The van der Waals surface area contributed by atoms with E-state index in [9.17, 15) is 0 Å². The average Bonchev–Trinajstić information content (AvgIpc) is 2.78.